The van der Waals surface area contributed by atoms with Crippen LogP contribution in [0, 0.1) is 0 Å². The minimum absolute atomic E-state index is 0.346. The maximum atomic E-state index is 11.5. The number of rotatable bonds is 17. The Hall–Kier alpha value is -1.38. The van der Waals surface area contributed by atoms with E-state index in [4.69, 9.17) is 5.73 Å². The molecular weight excluding hydrogens is 332 g/mol. The molecule has 0 aliphatic heterocycles. The van der Waals surface area contributed by atoms with Crippen LogP contribution in [0.2, 0.25) is 0 Å². The molecule has 3 heteroatoms. The summed E-state index contributed by atoms with van der Waals surface area (Å²) in [5, 5.41) is 0. The molecule has 27 heavy (non-hydrogen) atoms. The summed E-state index contributed by atoms with van der Waals surface area (Å²) >= 11 is 0. The molecule has 1 aromatic rings. The molecule has 2 N–H and O–H groups in total. The molecule has 154 valence electrons. The van der Waals surface area contributed by atoms with E-state index in [1.807, 2.05) is 12.1 Å². The fraction of sp³-hybridized carbons (Fsp3) is 0.750. The van der Waals surface area contributed by atoms with E-state index in [0.29, 0.717) is 11.6 Å². The van der Waals surface area contributed by atoms with Gasteiger partial charge in [0, 0.05) is 6.20 Å². The van der Waals surface area contributed by atoms with Gasteiger partial charge >= 0.3 is 0 Å². The highest BCUT2D eigenvalue weighted by Crippen LogP contribution is 2.24. The van der Waals surface area contributed by atoms with Crippen LogP contribution in [-0.4, -0.2) is 10.9 Å². The van der Waals surface area contributed by atoms with Crippen molar-refractivity contribution in [3.05, 3.63) is 29.6 Å². The number of nitrogens with zero attached hydrogens (tertiary/aromatic N) is 1. The highest BCUT2D eigenvalue weighted by Gasteiger charge is 2.14. The largest absolute Gasteiger partial charge is 0.364 e. The monoisotopic (exact) mass is 374 g/mol. The molecule has 0 saturated carbocycles. The van der Waals surface area contributed by atoms with E-state index >= 15 is 0 Å². The van der Waals surface area contributed by atoms with Gasteiger partial charge in [-0.1, -0.05) is 110 Å². The normalized spacial score (nSPS) is 12.2. The maximum absolute atomic E-state index is 11.5. The van der Waals surface area contributed by atoms with Crippen LogP contribution in [0.25, 0.3) is 0 Å². The van der Waals surface area contributed by atoms with Gasteiger partial charge in [-0.2, -0.15) is 0 Å². The van der Waals surface area contributed by atoms with E-state index in [1.54, 1.807) is 6.20 Å². The van der Waals surface area contributed by atoms with Gasteiger partial charge in [0.2, 0.25) is 0 Å². The van der Waals surface area contributed by atoms with Gasteiger partial charge in [0.25, 0.3) is 5.91 Å². The molecule has 1 atom stereocenters. The first kappa shape index (κ1) is 23.7. The van der Waals surface area contributed by atoms with Gasteiger partial charge in [-0.25, -0.2) is 0 Å². The van der Waals surface area contributed by atoms with Crippen LogP contribution >= 0.6 is 0 Å². The van der Waals surface area contributed by atoms with Crippen molar-refractivity contribution in [2.24, 2.45) is 5.73 Å². The smallest absolute Gasteiger partial charge is 0.267 e. The van der Waals surface area contributed by atoms with E-state index in [-0.39, 0.29) is 0 Å². The van der Waals surface area contributed by atoms with E-state index in [2.05, 4.69) is 18.8 Å². The minimum Gasteiger partial charge on any atom is -0.364 e. The van der Waals surface area contributed by atoms with Gasteiger partial charge in [0.15, 0.2) is 0 Å². The van der Waals surface area contributed by atoms with E-state index in [0.717, 1.165) is 12.0 Å². The predicted molar refractivity (Wildman–Crippen MR) is 116 cm³/mol. The van der Waals surface area contributed by atoms with Gasteiger partial charge in [-0.3, -0.25) is 9.78 Å². The third-order valence-electron chi connectivity index (χ3n) is 5.59. The summed E-state index contributed by atoms with van der Waals surface area (Å²) in [5.41, 5.74) is 6.87. The third-order valence-corrected chi connectivity index (χ3v) is 5.59. The molecule has 0 aromatic carbocycles. The van der Waals surface area contributed by atoms with E-state index in [9.17, 15) is 4.79 Å². The molecule has 3 nitrogen and oxygen atoms in total. The fourth-order valence-corrected chi connectivity index (χ4v) is 3.82. The zero-order chi connectivity index (χ0) is 19.7. The molecule has 0 bridgehead atoms. The first-order valence-electron chi connectivity index (χ1n) is 11.4. The average molecular weight is 375 g/mol. The van der Waals surface area contributed by atoms with E-state index in [1.165, 1.54) is 89.9 Å². The molecule has 0 aliphatic rings. The van der Waals surface area contributed by atoms with Crippen LogP contribution in [-0.2, 0) is 0 Å². The first-order chi connectivity index (χ1) is 13.2. The Morgan fingerprint density at radius 3 is 1.85 bits per heavy atom. The van der Waals surface area contributed by atoms with Gasteiger partial charge in [-0.15, -0.1) is 0 Å². The van der Waals surface area contributed by atoms with Crippen LogP contribution in [0.4, 0.5) is 0 Å². The zero-order valence-electron chi connectivity index (χ0n) is 17.8. The molecule has 0 saturated heterocycles. The molecular formula is C24H42N2O. The molecule has 0 spiro atoms. The number of hydrogen-bond donors (Lipinski definition) is 1. The number of pyridine rings is 1. The summed E-state index contributed by atoms with van der Waals surface area (Å²) in [6.45, 7) is 4.45. The standard InChI is InChI=1S/C24H42N2O/c1-3-4-5-6-7-8-9-10-11-12-13-14-15-16-18-21(2)22-19-17-20-26-23(22)24(25)27/h17,19-21H,3-16,18H2,1-2H3,(H2,25,27). The molecule has 1 heterocycles. The van der Waals surface area contributed by atoms with Gasteiger partial charge < -0.3 is 5.73 Å². The predicted octanol–water partition coefficient (Wildman–Crippen LogP) is 7.16. The van der Waals surface area contributed by atoms with Crippen LogP contribution in [0.15, 0.2) is 18.3 Å². The molecule has 1 amide bonds. The molecule has 1 aromatic heterocycles. The second-order valence-electron chi connectivity index (χ2n) is 8.09. The lowest BCUT2D eigenvalue weighted by Crippen LogP contribution is -2.16. The van der Waals surface area contributed by atoms with E-state index < -0.39 is 5.91 Å². The average Bonchev–Trinajstić information content (AvgIpc) is 2.68. The van der Waals surface area contributed by atoms with Crippen molar-refractivity contribution in [1.29, 1.82) is 0 Å². The molecule has 0 fully saturated rings. The number of amides is 1. The molecule has 0 radical (unpaired) electrons. The molecule has 1 rings (SSSR count). The number of carbonyl (C=O) groups is 1. The summed E-state index contributed by atoms with van der Waals surface area (Å²) in [5.74, 6) is -0.0723. The highest BCUT2D eigenvalue weighted by atomic mass is 16.1. The summed E-state index contributed by atoms with van der Waals surface area (Å²) in [7, 11) is 0. The number of unbranched alkanes of at least 4 members (excludes halogenated alkanes) is 13. The SMILES string of the molecule is CCCCCCCCCCCCCCCCC(C)c1cccnc1C(N)=O. The lowest BCUT2D eigenvalue weighted by molar-refractivity contribution is 0.0994. The van der Waals surface area contributed by atoms with Crippen molar-refractivity contribution >= 4 is 5.91 Å². The number of nitrogens with two attached hydrogens (primary N) is 1. The number of hydrogen-bond acceptors (Lipinski definition) is 2. The van der Waals surface area contributed by atoms with Gasteiger partial charge in [0.1, 0.15) is 5.69 Å². The Morgan fingerprint density at radius 1 is 0.889 bits per heavy atom. The summed E-state index contributed by atoms with van der Waals surface area (Å²) < 4.78 is 0. The second kappa shape index (κ2) is 15.7. The van der Waals surface area contributed by atoms with Crippen LogP contribution < -0.4 is 5.73 Å². The highest BCUT2D eigenvalue weighted by molar-refractivity contribution is 5.92. The number of aromatic nitrogens is 1. The van der Waals surface area contributed by atoms with Crippen molar-refractivity contribution < 1.29 is 4.79 Å². The van der Waals surface area contributed by atoms with Crippen LogP contribution in [0.5, 0.6) is 0 Å². The molecule has 0 aliphatic carbocycles. The maximum Gasteiger partial charge on any atom is 0.267 e. The fourth-order valence-electron chi connectivity index (χ4n) is 3.82. The number of primary amides is 1. The van der Waals surface area contributed by atoms with Gasteiger partial charge in [0.05, 0.1) is 0 Å². The third kappa shape index (κ3) is 11.1. The topological polar surface area (TPSA) is 56.0 Å². The second-order valence-corrected chi connectivity index (χ2v) is 8.09. The Bertz CT molecular complexity index is 501. The first-order valence-corrected chi connectivity index (χ1v) is 11.4. The lowest BCUT2D eigenvalue weighted by Gasteiger charge is -2.14. The van der Waals surface area contributed by atoms with Crippen molar-refractivity contribution in [2.45, 2.75) is 116 Å². The minimum atomic E-state index is -0.418. The number of carbonyl (C=O) groups excluding carboxylic acids is 1. The van der Waals surface area contributed by atoms with Crippen molar-refractivity contribution in [3.8, 4) is 0 Å². The van der Waals surface area contributed by atoms with Gasteiger partial charge in [-0.05, 0) is 24.0 Å². The summed E-state index contributed by atoms with van der Waals surface area (Å²) in [6, 6.07) is 3.88. The Labute approximate surface area is 167 Å². The molecule has 1 unspecified atom stereocenters. The zero-order valence-corrected chi connectivity index (χ0v) is 17.8. The Kier molecular flexibility index (Phi) is 13.7. The summed E-state index contributed by atoms with van der Waals surface area (Å²) in [4.78, 5) is 15.6. The van der Waals surface area contributed by atoms with Crippen molar-refractivity contribution in [2.75, 3.05) is 0 Å². The van der Waals surface area contributed by atoms with Crippen LogP contribution in [0.1, 0.15) is 132 Å². The van der Waals surface area contributed by atoms with Crippen LogP contribution in [0.3, 0.4) is 0 Å². The summed E-state index contributed by atoms with van der Waals surface area (Å²) in [6.07, 6.45) is 22.1. The van der Waals surface area contributed by atoms with Crippen molar-refractivity contribution in [1.82, 2.24) is 4.98 Å². The quantitative estimate of drug-likeness (QED) is 0.294. The van der Waals surface area contributed by atoms with Crippen molar-refractivity contribution in [3.63, 3.8) is 0 Å². The Morgan fingerprint density at radius 2 is 1.37 bits per heavy atom. The lowest BCUT2D eigenvalue weighted by atomic mass is 9.93. The Balaban J connectivity index is 1.97.